The van der Waals surface area contributed by atoms with E-state index in [4.69, 9.17) is 0 Å². The second-order valence-electron chi connectivity index (χ2n) is 5.55. The molecule has 2 N–H and O–H groups in total. The molecule has 24 heavy (non-hydrogen) atoms. The average Bonchev–Trinajstić information content (AvgIpc) is 2.55. The molecule has 0 bridgehead atoms. The van der Waals surface area contributed by atoms with Crippen LogP contribution in [0.3, 0.4) is 0 Å². The Morgan fingerprint density at radius 1 is 1.12 bits per heavy atom. The Bertz CT molecular complexity index is 726. The zero-order valence-corrected chi connectivity index (χ0v) is 14.2. The molecule has 0 aliphatic carbocycles. The maximum atomic E-state index is 12.4. The highest BCUT2D eigenvalue weighted by Crippen LogP contribution is 2.13. The Morgan fingerprint density at radius 2 is 1.83 bits per heavy atom. The summed E-state index contributed by atoms with van der Waals surface area (Å²) in [5.41, 5.74) is 1.52. The molecule has 1 aromatic carbocycles. The topological polar surface area (TPSA) is 84.0 Å². The van der Waals surface area contributed by atoms with Crippen LogP contribution in [-0.2, 0) is 0 Å². The molecule has 0 radical (unpaired) electrons. The minimum absolute atomic E-state index is 0.0119. The molecule has 6 nitrogen and oxygen atoms in total. The van der Waals surface area contributed by atoms with Gasteiger partial charge in [0, 0.05) is 23.9 Å². The molecule has 0 spiro atoms. The number of Topliss-reactive ketones (excluding diaryl/α,β-unsaturated/α-hetero) is 1. The van der Waals surface area contributed by atoms with Gasteiger partial charge in [-0.1, -0.05) is 13.3 Å². The van der Waals surface area contributed by atoms with Crippen molar-refractivity contribution >= 4 is 23.2 Å². The molecule has 0 aliphatic rings. The van der Waals surface area contributed by atoms with Crippen molar-refractivity contribution < 1.29 is 9.59 Å². The number of aryl methyl sites for hydroxylation is 1. The van der Waals surface area contributed by atoms with Crippen LogP contribution in [0.4, 0.5) is 11.5 Å². The predicted octanol–water partition coefficient (Wildman–Crippen LogP) is 3.45. The first-order chi connectivity index (χ1) is 11.5. The molecule has 0 aliphatic heterocycles. The Hall–Kier alpha value is -2.76. The number of nitrogens with one attached hydrogen (secondary N) is 2. The SMILES string of the molecule is CCCCNc1cc(C(=O)Nc2ccc(C(C)=O)cc2)nc(C)n1. The number of hydrogen-bond acceptors (Lipinski definition) is 5. The lowest BCUT2D eigenvalue weighted by atomic mass is 10.1. The summed E-state index contributed by atoms with van der Waals surface area (Å²) in [6, 6.07) is 8.40. The van der Waals surface area contributed by atoms with Crippen LogP contribution in [-0.4, -0.2) is 28.2 Å². The van der Waals surface area contributed by atoms with Crippen molar-refractivity contribution in [2.24, 2.45) is 0 Å². The number of aromatic nitrogens is 2. The first kappa shape index (κ1) is 17.6. The number of benzene rings is 1. The van der Waals surface area contributed by atoms with Crippen LogP contribution in [0, 0.1) is 6.92 Å². The second-order valence-corrected chi connectivity index (χ2v) is 5.55. The molecule has 126 valence electrons. The maximum Gasteiger partial charge on any atom is 0.274 e. The minimum atomic E-state index is -0.311. The first-order valence-electron chi connectivity index (χ1n) is 8.01. The van der Waals surface area contributed by atoms with Gasteiger partial charge in [0.2, 0.25) is 0 Å². The lowest BCUT2D eigenvalue weighted by Crippen LogP contribution is -2.16. The van der Waals surface area contributed by atoms with Crippen LogP contribution in [0.2, 0.25) is 0 Å². The fourth-order valence-corrected chi connectivity index (χ4v) is 2.15. The lowest BCUT2D eigenvalue weighted by Gasteiger charge is -2.09. The molecule has 2 rings (SSSR count). The van der Waals surface area contributed by atoms with Gasteiger partial charge in [0.1, 0.15) is 17.3 Å². The van der Waals surface area contributed by atoms with E-state index in [1.165, 1.54) is 6.92 Å². The first-order valence-corrected chi connectivity index (χ1v) is 8.01. The van der Waals surface area contributed by atoms with Crippen molar-refractivity contribution in [3.8, 4) is 0 Å². The highest BCUT2D eigenvalue weighted by molar-refractivity contribution is 6.03. The molecule has 0 saturated heterocycles. The fourth-order valence-electron chi connectivity index (χ4n) is 2.15. The third-order valence-electron chi connectivity index (χ3n) is 3.46. The molecule has 1 aromatic heterocycles. The number of ketones is 1. The zero-order chi connectivity index (χ0) is 17.5. The fraction of sp³-hybridized carbons (Fsp3) is 0.333. The number of rotatable bonds is 7. The molecule has 1 amide bonds. The summed E-state index contributed by atoms with van der Waals surface area (Å²) in [5.74, 6) is 0.860. The van der Waals surface area contributed by atoms with Crippen molar-refractivity contribution in [2.75, 3.05) is 17.2 Å². The summed E-state index contributed by atoms with van der Waals surface area (Å²) in [6.07, 6.45) is 2.12. The van der Waals surface area contributed by atoms with Gasteiger partial charge in [-0.25, -0.2) is 9.97 Å². The molecule has 0 saturated carbocycles. The standard InChI is InChI=1S/C18H22N4O2/c1-4-5-10-19-17-11-16(20-13(3)21-17)18(24)22-15-8-6-14(7-9-15)12(2)23/h6-9,11H,4-5,10H2,1-3H3,(H,22,24)(H,19,20,21). The number of nitrogens with zero attached hydrogens (tertiary/aromatic N) is 2. The van der Waals surface area contributed by atoms with Crippen LogP contribution in [0.1, 0.15) is 53.4 Å². The molecule has 0 fully saturated rings. The molecule has 1 heterocycles. The van der Waals surface area contributed by atoms with Gasteiger partial charge in [-0.05, 0) is 44.5 Å². The van der Waals surface area contributed by atoms with Crippen molar-refractivity contribution in [2.45, 2.75) is 33.6 Å². The van der Waals surface area contributed by atoms with E-state index in [9.17, 15) is 9.59 Å². The summed E-state index contributed by atoms with van der Waals surface area (Å²) in [4.78, 5) is 32.1. The zero-order valence-electron chi connectivity index (χ0n) is 14.2. The van der Waals surface area contributed by atoms with Gasteiger partial charge in [0.05, 0.1) is 0 Å². The van der Waals surface area contributed by atoms with E-state index in [1.54, 1.807) is 37.3 Å². The molecular weight excluding hydrogens is 304 g/mol. The monoisotopic (exact) mass is 326 g/mol. The molecule has 2 aromatic rings. The number of unbranched alkanes of at least 4 members (excludes halogenated alkanes) is 1. The van der Waals surface area contributed by atoms with E-state index < -0.39 is 0 Å². The number of anilines is 2. The summed E-state index contributed by atoms with van der Waals surface area (Å²) >= 11 is 0. The summed E-state index contributed by atoms with van der Waals surface area (Å²) in [6.45, 7) is 6.18. The van der Waals surface area contributed by atoms with E-state index >= 15 is 0 Å². The maximum absolute atomic E-state index is 12.4. The van der Waals surface area contributed by atoms with E-state index in [0.29, 0.717) is 28.6 Å². The summed E-state index contributed by atoms with van der Waals surface area (Å²) in [5, 5.41) is 5.97. The van der Waals surface area contributed by atoms with Gasteiger partial charge in [-0.3, -0.25) is 9.59 Å². The van der Waals surface area contributed by atoms with Crippen molar-refractivity contribution in [1.29, 1.82) is 0 Å². The van der Waals surface area contributed by atoms with Crippen molar-refractivity contribution in [3.63, 3.8) is 0 Å². The number of hydrogen-bond donors (Lipinski definition) is 2. The number of amides is 1. The molecule has 0 atom stereocenters. The molecule has 0 unspecified atom stereocenters. The van der Waals surface area contributed by atoms with Gasteiger partial charge < -0.3 is 10.6 Å². The van der Waals surface area contributed by atoms with Crippen LogP contribution in [0.5, 0.6) is 0 Å². The average molecular weight is 326 g/mol. The van der Waals surface area contributed by atoms with E-state index in [2.05, 4.69) is 27.5 Å². The van der Waals surface area contributed by atoms with E-state index in [-0.39, 0.29) is 11.7 Å². The van der Waals surface area contributed by atoms with Gasteiger partial charge >= 0.3 is 0 Å². The summed E-state index contributed by atoms with van der Waals surface area (Å²) < 4.78 is 0. The minimum Gasteiger partial charge on any atom is -0.370 e. The molecular formula is C18H22N4O2. The third-order valence-corrected chi connectivity index (χ3v) is 3.46. The van der Waals surface area contributed by atoms with Gasteiger partial charge in [-0.2, -0.15) is 0 Å². The smallest absolute Gasteiger partial charge is 0.274 e. The highest BCUT2D eigenvalue weighted by Gasteiger charge is 2.11. The summed E-state index contributed by atoms with van der Waals surface area (Å²) in [7, 11) is 0. The van der Waals surface area contributed by atoms with E-state index in [0.717, 1.165) is 19.4 Å². The number of carbonyl (C=O) groups is 2. The Labute approximate surface area is 141 Å². The van der Waals surface area contributed by atoms with Gasteiger partial charge in [0.15, 0.2) is 5.78 Å². The van der Waals surface area contributed by atoms with Crippen molar-refractivity contribution in [1.82, 2.24) is 9.97 Å². The largest absolute Gasteiger partial charge is 0.370 e. The van der Waals surface area contributed by atoms with Crippen LogP contribution >= 0.6 is 0 Å². The van der Waals surface area contributed by atoms with Crippen LogP contribution in [0.25, 0.3) is 0 Å². The molecule has 6 heteroatoms. The van der Waals surface area contributed by atoms with Crippen LogP contribution in [0.15, 0.2) is 30.3 Å². The Morgan fingerprint density at radius 3 is 2.46 bits per heavy atom. The predicted molar refractivity (Wildman–Crippen MR) is 94.6 cm³/mol. The van der Waals surface area contributed by atoms with Crippen LogP contribution < -0.4 is 10.6 Å². The number of carbonyl (C=O) groups excluding carboxylic acids is 2. The second kappa shape index (κ2) is 8.19. The quantitative estimate of drug-likeness (QED) is 0.601. The third kappa shape index (κ3) is 4.87. The van der Waals surface area contributed by atoms with Gasteiger partial charge in [-0.15, -0.1) is 0 Å². The Kier molecular flexibility index (Phi) is 6.01. The Balaban J connectivity index is 2.09. The van der Waals surface area contributed by atoms with Gasteiger partial charge in [0.25, 0.3) is 5.91 Å². The normalized spacial score (nSPS) is 10.3. The van der Waals surface area contributed by atoms with Crippen molar-refractivity contribution in [3.05, 3.63) is 47.4 Å². The van der Waals surface area contributed by atoms with E-state index in [1.807, 2.05) is 0 Å². The lowest BCUT2D eigenvalue weighted by molar-refractivity contribution is 0.101. The highest BCUT2D eigenvalue weighted by atomic mass is 16.2.